The fraction of sp³-hybridized carbons (Fsp3) is 0.258. The van der Waals surface area contributed by atoms with Crippen LogP contribution in [0, 0.1) is 0 Å². The summed E-state index contributed by atoms with van der Waals surface area (Å²) in [5.41, 5.74) is 4.72. The van der Waals surface area contributed by atoms with Crippen LogP contribution in [-0.4, -0.2) is 48.0 Å². The van der Waals surface area contributed by atoms with Gasteiger partial charge in [-0.2, -0.15) is 4.98 Å². The molecule has 9 nitrogen and oxygen atoms in total. The van der Waals surface area contributed by atoms with E-state index in [1.54, 1.807) is 18.9 Å². The first kappa shape index (κ1) is 26.8. The highest BCUT2D eigenvalue weighted by atomic mass is 16.5. The van der Waals surface area contributed by atoms with Crippen molar-refractivity contribution in [1.82, 2.24) is 14.8 Å². The number of hydrogen-bond acceptors (Lipinski definition) is 7. The first-order valence-electron chi connectivity index (χ1n) is 13.3. The number of anilines is 3. The molecule has 40 heavy (non-hydrogen) atoms. The molecule has 0 saturated carbocycles. The summed E-state index contributed by atoms with van der Waals surface area (Å²) in [6, 6.07) is 22.7. The van der Waals surface area contributed by atoms with Crippen molar-refractivity contribution in [3.05, 3.63) is 89.6 Å². The summed E-state index contributed by atoms with van der Waals surface area (Å²) in [7, 11) is 3.21. The van der Waals surface area contributed by atoms with Crippen LogP contribution in [-0.2, 0) is 4.79 Å². The van der Waals surface area contributed by atoms with Gasteiger partial charge < -0.3 is 25.0 Å². The quantitative estimate of drug-likeness (QED) is 0.281. The second-order valence-electron chi connectivity index (χ2n) is 9.42. The van der Waals surface area contributed by atoms with E-state index in [0.29, 0.717) is 34.5 Å². The molecule has 4 aromatic rings. The molecule has 2 N–H and O–H groups in total. The van der Waals surface area contributed by atoms with Crippen molar-refractivity contribution in [3.8, 4) is 22.9 Å². The number of aromatic nitrogens is 3. The zero-order valence-electron chi connectivity index (χ0n) is 23.4. The molecule has 2 heterocycles. The average Bonchev–Trinajstić information content (AvgIpc) is 3.41. The maximum atomic E-state index is 13.8. The minimum atomic E-state index is -0.520. The van der Waals surface area contributed by atoms with Crippen molar-refractivity contribution in [2.75, 3.05) is 42.8 Å². The molecule has 0 aliphatic carbocycles. The van der Waals surface area contributed by atoms with E-state index in [0.717, 1.165) is 35.7 Å². The summed E-state index contributed by atoms with van der Waals surface area (Å²) < 4.78 is 12.6. The Balaban J connectivity index is 1.55. The van der Waals surface area contributed by atoms with Gasteiger partial charge in [-0.05, 0) is 74.9 Å². The topological polar surface area (TPSA) is 93.5 Å². The number of nitrogens with zero attached hydrogens (tertiary/aromatic N) is 4. The molecule has 0 radical (unpaired) electrons. The second kappa shape index (κ2) is 11.5. The monoisotopic (exact) mass is 538 g/mol. The Labute approximate surface area is 234 Å². The van der Waals surface area contributed by atoms with Gasteiger partial charge in [0.25, 0.3) is 5.91 Å². The van der Waals surface area contributed by atoms with Crippen LogP contribution in [0.2, 0.25) is 0 Å². The molecule has 9 heteroatoms. The summed E-state index contributed by atoms with van der Waals surface area (Å²) >= 11 is 0. The molecule has 3 aromatic carbocycles. The second-order valence-corrected chi connectivity index (χ2v) is 9.42. The Kier molecular flexibility index (Phi) is 7.72. The number of allylic oxidation sites excluding steroid dienone is 1. The lowest BCUT2D eigenvalue weighted by molar-refractivity contribution is -0.113. The Morgan fingerprint density at radius 1 is 0.975 bits per heavy atom. The Bertz CT molecular complexity index is 1520. The number of carbonyl (C=O) groups excluding carboxylic acids is 1. The van der Waals surface area contributed by atoms with Crippen LogP contribution >= 0.6 is 0 Å². The fourth-order valence-electron chi connectivity index (χ4n) is 5.01. The standard InChI is InChI=1S/C31H34N6O3/c1-6-36(7-2)23-16-12-22(13-17-23)29-34-31-32-20(3)27(30(38)33-25-10-8-9-11-26(25)40-5)28(37(31)35-29)21-14-18-24(39-4)19-15-21/h8-19,28H,6-7H2,1-5H3,(H,33,38)(H,32,34,35). The van der Waals surface area contributed by atoms with Gasteiger partial charge in [-0.15, -0.1) is 5.10 Å². The van der Waals surface area contributed by atoms with Gasteiger partial charge in [0.2, 0.25) is 5.95 Å². The number of fused-ring (bicyclic) bond motifs is 1. The van der Waals surface area contributed by atoms with Crippen LogP contribution in [0.25, 0.3) is 11.4 Å². The molecule has 1 unspecified atom stereocenters. The van der Waals surface area contributed by atoms with Crippen molar-refractivity contribution in [2.45, 2.75) is 26.8 Å². The minimum absolute atomic E-state index is 0.262. The number of rotatable bonds is 9. The first-order valence-corrected chi connectivity index (χ1v) is 13.3. The smallest absolute Gasteiger partial charge is 0.255 e. The third-order valence-corrected chi connectivity index (χ3v) is 7.14. The lowest BCUT2D eigenvalue weighted by Gasteiger charge is -2.29. The number of ether oxygens (including phenoxy) is 2. The Morgan fingerprint density at radius 3 is 2.33 bits per heavy atom. The number of amides is 1. The molecule has 206 valence electrons. The van der Waals surface area contributed by atoms with Gasteiger partial charge in [0.05, 0.1) is 25.5 Å². The molecule has 0 saturated heterocycles. The van der Waals surface area contributed by atoms with Gasteiger partial charge in [0, 0.05) is 30.0 Å². The molecule has 1 aliphatic rings. The fourth-order valence-corrected chi connectivity index (χ4v) is 5.01. The number of para-hydroxylation sites is 2. The van der Waals surface area contributed by atoms with E-state index in [4.69, 9.17) is 19.6 Å². The molecule has 1 atom stereocenters. The highest BCUT2D eigenvalue weighted by Crippen LogP contribution is 2.38. The largest absolute Gasteiger partial charge is 0.497 e. The molecular weight excluding hydrogens is 504 g/mol. The Morgan fingerprint density at radius 2 is 1.68 bits per heavy atom. The summed E-state index contributed by atoms with van der Waals surface area (Å²) in [5.74, 6) is 2.19. The molecular formula is C31H34N6O3. The van der Waals surface area contributed by atoms with Crippen LogP contribution < -0.4 is 25.0 Å². The van der Waals surface area contributed by atoms with Crippen LogP contribution in [0.15, 0.2) is 84.1 Å². The van der Waals surface area contributed by atoms with E-state index in [1.807, 2.05) is 67.6 Å². The molecule has 1 amide bonds. The van der Waals surface area contributed by atoms with Gasteiger partial charge in [-0.25, -0.2) is 4.68 Å². The number of nitrogens with one attached hydrogen (secondary N) is 2. The molecule has 1 aliphatic heterocycles. The molecule has 0 bridgehead atoms. The third kappa shape index (κ3) is 5.10. The lowest BCUT2D eigenvalue weighted by Crippen LogP contribution is -2.31. The summed E-state index contributed by atoms with van der Waals surface area (Å²) in [6.45, 7) is 8.04. The van der Waals surface area contributed by atoms with Crippen molar-refractivity contribution in [1.29, 1.82) is 0 Å². The maximum Gasteiger partial charge on any atom is 0.255 e. The van der Waals surface area contributed by atoms with Crippen molar-refractivity contribution in [3.63, 3.8) is 0 Å². The van der Waals surface area contributed by atoms with Crippen molar-refractivity contribution < 1.29 is 14.3 Å². The minimum Gasteiger partial charge on any atom is -0.497 e. The average molecular weight is 539 g/mol. The van der Waals surface area contributed by atoms with Crippen LogP contribution in [0.4, 0.5) is 17.3 Å². The SMILES string of the molecule is CCN(CC)c1ccc(-c2nc3n(n2)C(c2ccc(OC)cc2)C(C(=O)Nc2ccccc2OC)=C(C)N3)cc1. The maximum absolute atomic E-state index is 13.8. The zero-order valence-corrected chi connectivity index (χ0v) is 23.4. The highest BCUT2D eigenvalue weighted by Gasteiger charge is 2.34. The number of hydrogen-bond donors (Lipinski definition) is 2. The first-order chi connectivity index (χ1) is 19.5. The Hall–Kier alpha value is -4.79. The van der Waals surface area contributed by atoms with E-state index in [-0.39, 0.29) is 5.91 Å². The summed E-state index contributed by atoms with van der Waals surface area (Å²) in [6.07, 6.45) is 0. The molecule has 5 rings (SSSR count). The van der Waals surface area contributed by atoms with E-state index in [9.17, 15) is 4.79 Å². The van der Waals surface area contributed by atoms with Gasteiger partial charge in [-0.1, -0.05) is 24.3 Å². The number of benzene rings is 3. The summed E-state index contributed by atoms with van der Waals surface area (Å²) in [4.78, 5) is 20.9. The van der Waals surface area contributed by atoms with Crippen molar-refractivity contribution >= 4 is 23.2 Å². The predicted molar refractivity (Wildman–Crippen MR) is 158 cm³/mol. The van der Waals surface area contributed by atoms with Crippen LogP contribution in [0.5, 0.6) is 11.5 Å². The van der Waals surface area contributed by atoms with Crippen LogP contribution in [0.1, 0.15) is 32.4 Å². The molecule has 0 fully saturated rings. The van der Waals surface area contributed by atoms with Crippen LogP contribution in [0.3, 0.4) is 0 Å². The van der Waals surface area contributed by atoms with E-state index in [2.05, 4.69) is 41.5 Å². The van der Waals surface area contributed by atoms with E-state index < -0.39 is 6.04 Å². The predicted octanol–water partition coefficient (Wildman–Crippen LogP) is 5.74. The van der Waals surface area contributed by atoms with Gasteiger partial charge in [-0.3, -0.25) is 4.79 Å². The van der Waals surface area contributed by atoms with Gasteiger partial charge in [0.1, 0.15) is 17.5 Å². The van der Waals surface area contributed by atoms with Gasteiger partial charge in [0.15, 0.2) is 5.82 Å². The third-order valence-electron chi connectivity index (χ3n) is 7.14. The highest BCUT2D eigenvalue weighted by molar-refractivity contribution is 6.06. The number of carbonyl (C=O) groups is 1. The van der Waals surface area contributed by atoms with E-state index in [1.165, 1.54) is 0 Å². The molecule has 1 aromatic heterocycles. The lowest BCUT2D eigenvalue weighted by atomic mass is 9.95. The normalized spacial score (nSPS) is 14.3. The summed E-state index contributed by atoms with van der Waals surface area (Å²) in [5, 5.41) is 11.2. The van der Waals surface area contributed by atoms with Crippen molar-refractivity contribution in [2.24, 2.45) is 0 Å². The van der Waals surface area contributed by atoms with Gasteiger partial charge >= 0.3 is 0 Å². The zero-order chi connectivity index (χ0) is 28.2. The molecule has 0 spiro atoms. The van der Waals surface area contributed by atoms with E-state index >= 15 is 0 Å². The number of methoxy groups -OCH3 is 2.